The summed E-state index contributed by atoms with van der Waals surface area (Å²) >= 11 is 1.76. The Labute approximate surface area is 181 Å². The Morgan fingerprint density at radius 3 is 2.70 bits per heavy atom. The highest BCUT2D eigenvalue weighted by Gasteiger charge is 2.42. The van der Waals surface area contributed by atoms with Gasteiger partial charge in [0.2, 0.25) is 11.8 Å². The van der Waals surface area contributed by atoms with Gasteiger partial charge in [0.1, 0.15) is 18.9 Å². The number of nitrogens with zero attached hydrogens (tertiary/aromatic N) is 2. The lowest BCUT2D eigenvalue weighted by Gasteiger charge is -2.37. The second kappa shape index (κ2) is 8.06. The minimum absolute atomic E-state index is 0.0473. The molecule has 158 valence electrons. The van der Waals surface area contributed by atoms with Crippen molar-refractivity contribution in [1.29, 1.82) is 0 Å². The molecular formula is C24H28N2O3S. The van der Waals surface area contributed by atoms with Gasteiger partial charge in [0, 0.05) is 23.4 Å². The maximum atomic E-state index is 13.4. The molecule has 30 heavy (non-hydrogen) atoms. The second-order valence-electron chi connectivity index (χ2n) is 8.70. The van der Waals surface area contributed by atoms with Crippen LogP contribution in [0.15, 0.2) is 35.7 Å². The Morgan fingerprint density at radius 1 is 1.17 bits per heavy atom. The van der Waals surface area contributed by atoms with E-state index in [1.54, 1.807) is 11.3 Å². The van der Waals surface area contributed by atoms with E-state index in [1.165, 1.54) is 10.4 Å². The molecule has 2 heterocycles. The van der Waals surface area contributed by atoms with Gasteiger partial charge in [0.25, 0.3) is 0 Å². The fourth-order valence-electron chi connectivity index (χ4n) is 4.34. The molecular weight excluding hydrogens is 396 g/mol. The molecule has 2 fully saturated rings. The number of aryl methyl sites for hydroxylation is 1. The molecule has 0 spiro atoms. The highest BCUT2D eigenvalue weighted by atomic mass is 32.1. The Bertz CT molecular complexity index is 947. The molecule has 0 unspecified atom stereocenters. The van der Waals surface area contributed by atoms with Gasteiger partial charge in [-0.05, 0) is 67.7 Å². The largest absolute Gasteiger partial charge is 0.491 e. The molecule has 2 aromatic rings. The topological polar surface area (TPSA) is 49.9 Å². The molecule has 1 aromatic carbocycles. The van der Waals surface area contributed by atoms with Crippen LogP contribution < -0.4 is 4.74 Å². The van der Waals surface area contributed by atoms with Crippen LogP contribution in [-0.4, -0.2) is 47.4 Å². The molecule has 5 rings (SSSR count). The zero-order valence-electron chi connectivity index (χ0n) is 17.4. The van der Waals surface area contributed by atoms with E-state index < -0.39 is 0 Å². The SMILES string of the molecule is Cc1ccccc1OC[C@H]1c2ccsc2CCN1C(=O)CN(C(=O)C1CC1)C1CC1. The summed E-state index contributed by atoms with van der Waals surface area (Å²) in [4.78, 5) is 31.3. The number of carbonyl (C=O) groups is 2. The van der Waals surface area contributed by atoms with Gasteiger partial charge < -0.3 is 14.5 Å². The molecule has 2 amide bonds. The fourth-order valence-corrected chi connectivity index (χ4v) is 5.26. The van der Waals surface area contributed by atoms with Crippen LogP contribution >= 0.6 is 11.3 Å². The van der Waals surface area contributed by atoms with Gasteiger partial charge in [-0.1, -0.05) is 18.2 Å². The summed E-state index contributed by atoms with van der Waals surface area (Å²) in [5.74, 6) is 1.25. The van der Waals surface area contributed by atoms with Crippen LogP contribution in [0.3, 0.4) is 0 Å². The molecule has 0 N–H and O–H groups in total. The van der Waals surface area contributed by atoms with E-state index in [-0.39, 0.29) is 36.4 Å². The van der Waals surface area contributed by atoms with Crippen molar-refractivity contribution in [2.24, 2.45) is 5.92 Å². The first-order valence-corrected chi connectivity index (χ1v) is 11.8. The molecule has 1 aliphatic heterocycles. The van der Waals surface area contributed by atoms with Crippen LogP contribution in [0.5, 0.6) is 5.75 Å². The predicted molar refractivity (Wildman–Crippen MR) is 117 cm³/mol. The van der Waals surface area contributed by atoms with Gasteiger partial charge in [-0.3, -0.25) is 9.59 Å². The fraction of sp³-hybridized carbons (Fsp3) is 0.500. The number of carbonyl (C=O) groups excluding carboxylic acids is 2. The Balaban J connectivity index is 1.33. The molecule has 2 saturated carbocycles. The summed E-state index contributed by atoms with van der Waals surface area (Å²) in [6.45, 7) is 3.36. The van der Waals surface area contributed by atoms with Crippen molar-refractivity contribution in [1.82, 2.24) is 9.80 Å². The van der Waals surface area contributed by atoms with Crippen molar-refractivity contribution >= 4 is 23.2 Å². The highest BCUT2D eigenvalue weighted by Crippen LogP contribution is 2.37. The van der Waals surface area contributed by atoms with E-state index in [0.717, 1.165) is 43.4 Å². The van der Waals surface area contributed by atoms with Gasteiger partial charge in [0.05, 0.1) is 6.04 Å². The summed E-state index contributed by atoms with van der Waals surface area (Å²) in [5.41, 5.74) is 2.28. The highest BCUT2D eigenvalue weighted by molar-refractivity contribution is 7.10. The van der Waals surface area contributed by atoms with Crippen molar-refractivity contribution in [2.75, 3.05) is 19.7 Å². The number of hydrogen-bond donors (Lipinski definition) is 0. The Hall–Kier alpha value is -2.34. The van der Waals surface area contributed by atoms with Gasteiger partial charge in [-0.15, -0.1) is 11.3 Å². The summed E-state index contributed by atoms with van der Waals surface area (Å²) in [6.07, 6.45) is 4.89. The van der Waals surface area contributed by atoms with Crippen LogP contribution in [0, 0.1) is 12.8 Å². The zero-order chi connectivity index (χ0) is 20.7. The molecule has 0 bridgehead atoms. The van der Waals surface area contributed by atoms with Crippen molar-refractivity contribution in [3.63, 3.8) is 0 Å². The summed E-state index contributed by atoms with van der Waals surface area (Å²) in [5, 5.41) is 2.10. The quantitative estimate of drug-likeness (QED) is 0.676. The second-order valence-corrected chi connectivity index (χ2v) is 9.70. The third-order valence-corrected chi connectivity index (χ3v) is 7.40. The normalized spacial score (nSPS) is 20.6. The Morgan fingerprint density at radius 2 is 1.97 bits per heavy atom. The van der Waals surface area contributed by atoms with Gasteiger partial charge in [0.15, 0.2) is 0 Å². The molecule has 0 saturated heterocycles. The summed E-state index contributed by atoms with van der Waals surface area (Å²) in [7, 11) is 0. The standard InChI is InChI=1S/C24H28N2O3S/c1-16-4-2-3-5-21(16)29-15-20-19-11-13-30-22(19)10-12-25(20)23(27)14-26(18-8-9-18)24(28)17-6-7-17/h2-5,11,13,17-18,20H,6-10,12,14-15H2,1H3/t20-/m0/s1. The first-order chi connectivity index (χ1) is 14.6. The van der Waals surface area contributed by atoms with Crippen LogP contribution in [0.25, 0.3) is 0 Å². The van der Waals surface area contributed by atoms with Crippen molar-refractivity contribution in [3.05, 3.63) is 51.7 Å². The summed E-state index contributed by atoms with van der Waals surface area (Å²) in [6, 6.07) is 10.3. The smallest absolute Gasteiger partial charge is 0.242 e. The number of amides is 2. The maximum absolute atomic E-state index is 13.4. The molecule has 0 radical (unpaired) electrons. The lowest BCUT2D eigenvalue weighted by Crippen LogP contribution is -2.48. The minimum Gasteiger partial charge on any atom is -0.491 e. The first-order valence-electron chi connectivity index (χ1n) is 11.0. The average molecular weight is 425 g/mol. The third-order valence-electron chi connectivity index (χ3n) is 6.41. The lowest BCUT2D eigenvalue weighted by atomic mass is 10.00. The van der Waals surface area contributed by atoms with E-state index in [4.69, 9.17) is 4.74 Å². The zero-order valence-corrected chi connectivity index (χ0v) is 18.2. The lowest BCUT2D eigenvalue weighted by molar-refractivity contribution is -0.143. The Kier molecular flexibility index (Phi) is 5.27. The number of ether oxygens (including phenoxy) is 1. The van der Waals surface area contributed by atoms with Crippen LogP contribution in [0.1, 0.15) is 47.7 Å². The monoisotopic (exact) mass is 424 g/mol. The first kappa shape index (κ1) is 19.6. The van der Waals surface area contributed by atoms with Gasteiger partial charge in [-0.25, -0.2) is 0 Å². The third kappa shape index (κ3) is 3.97. The summed E-state index contributed by atoms with van der Waals surface area (Å²) < 4.78 is 6.17. The maximum Gasteiger partial charge on any atom is 0.242 e. The van der Waals surface area contributed by atoms with Gasteiger partial charge in [-0.2, -0.15) is 0 Å². The number of thiophene rings is 1. The van der Waals surface area contributed by atoms with E-state index in [1.807, 2.05) is 41.0 Å². The molecule has 1 atom stereocenters. The van der Waals surface area contributed by atoms with Crippen LogP contribution in [-0.2, 0) is 16.0 Å². The molecule has 3 aliphatic rings. The molecule has 2 aliphatic carbocycles. The van der Waals surface area contributed by atoms with E-state index in [2.05, 4.69) is 11.4 Å². The molecule has 5 nitrogen and oxygen atoms in total. The van der Waals surface area contributed by atoms with Gasteiger partial charge >= 0.3 is 0 Å². The van der Waals surface area contributed by atoms with E-state index in [0.29, 0.717) is 13.2 Å². The predicted octanol–water partition coefficient (Wildman–Crippen LogP) is 3.96. The van der Waals surface area contributed by atoms with Crippen LogP contribution in [0.2, 0.25) is 0 Å². The number of hydrogen-bond acceptors (Lipinski definition) is 4. The van der Waals surface area contributed by atoms with E-state index in [9.17, 15) is 9.59 Å². The minimum atomic E-state index is -0.107. The number of rotatable bonds is 7. The van der Waals surface area contributed by atoms with Crippen molar-refractivity contribution in [2.45, 2.75) is 51.1 Å². The average Bonchev–Trinajstić information content (AvgIpc) is 3.68. The van der Waals surface area contributed by atoms with Crippen molar-refractivity contribution in [3.8, 4) is 5.75 Å². The van der Waals surface area contributed by atoms with Crippen molar-refractivity contribution < 1.29 is 14.3 Å². The number of benzene rings is 1. The molecule has 6 heteroatoms. The molecule has 1 aromatic heterocycles. The number of fused-ring (bicyclic) bond motifs is 1. The van der Waals surface area contributed by atoms with E-state index >= 15 is 0 Å². The van der Waals surface area contributed by atoms with Crippen LogP contribution in [0.4, 0.5) is 0 Å². The number of para-hydroxylation sites is 1.